The first kappa shape index (κ1) is 20.7. The molecule has 0 aromatic rings. The van der Waals surface area contributed by atoms with Crippen molar-refractivity contribution in [2.75, 3.05) is 66.3 Å². The minimum Gasteiger partial charge on any atom is -0.378 e. The van der Waals surface area contributed by atoms with Crippen LogP contribution >= 0.6 is 12.6 Å². The van der Waals surface area contributed by atoms with Crippen LogP contribution in [0.1, 0.15) is 13.8 Å². The highest BCUT2D eigenvalue weighted by Crippen LogP contribution is 1.98. The fraction of sp³-hybridized carbons (Fsp3) is 0.929. The Kier molecular flexibility index (Phi) is 14.4. The number of nitrogens with zero attached hydrogens (tertiary/aromatic N) is 1. The maximum Gasteiger partial charge on any atom is 0.234 e. The fourth-order valence-electron chi connectivity index (χ4n) is 1.49. The predicted octanol–water partition coefficient (Wildman–Crippen LogP) is 0.422. The van der Waals surface area contributed by atoms with Crippen LogP contribution in [-0.4, -0.2) is 82.4 Å². The average molecular weight is 322 g/mol. The molecule has 6 nitrogen and oxygen atoms in total. The lowest BCUT2D eigenvalue weighted by atomic mass is 10.4. The average Bonchev–Trinajstić information content (AvgIpc) is 2.47. The van der Waals surface area contributed by atoms with Crippen LogP contribution in [0, 0.1) is 0 Å². The Hall–Kier alpha value is -0.340. The van der Waals surface area contributed by atoms with Gasteiger partial charge in [-0.25, -0.2) is 0 Å². The molecule has 1 unspecified atom stereocenters. The number of hydrogen-bond donors (Lipinski definition) is 2. The van der Waals surface area contributed by atoms with Gasteiger partial charge in [-0.15, -0.1) is 0 Å². The number of carbonyl (C=O) groups is 1. The van der Waals surface area contributed by atoms with Gasteiger partial charge in [0.2, 0.25) is 5.91 Å². The van der Waals surface area contributed by atoms with Gasteiger partial charge in [0.25, 0.3) is 0 Å². The summed E-state index contributed by atoms with van der Waals surface area (Å²) in [5, 5.41) is 2.91. The summed E-state index contributed by atoms with van der Waals surface area (Å²) in [7, 11) is 1.75. The van der Waals surface area contributed by atoms with E-state index < -0.39 is 0 Å². The summed E-state index contributed by atoms with van der Waals surface area (Å²) in [6.45, 7) is 9.68. The van der Waals surface area contributed by atoms with Crippen LogP contribution in [0.15, 0.2) is 0 Å². The Morgan fingerprint density at radius 3 is 2.14 bits per heavy atom. The van der Waals surface area contributed by atoms with E-state index in [2.05, 4.69) is 24.9 Å². The first-order valence-electron chi connectivity index (χ1n) is 7.46. The number of ether oxygens (including phenoxy) is 3. The van der Waals surface area contributed by atoms with Crippen molar-refractivity contribution < 1.29 is 19.0 Å². The Balaban J connectivity index is 3.21. The van der Waals surface area contributed by atoms with Gasteiger partial charge in [-0.2, -0.15) is 12.6 Å². The van der Waals surface area contributed by atoms with Gasteiger partial charge in [0.15, 0.2) is 0 Å². The fourth-order valence-corrected chi connectivity index (χ4v) is 1.69. The molecule has 0 aromatic carbocycles. The molecule has 0 saturated heterocycles. The third-order valence-corrected chi connectivity index (χ3v) is 2.94. The zero-order valence-corrected chi connectivity index (χ0v) is 14.4. The van der Waals surface area contributed by atoms with Gasteiger partial charge in [0.1, 0.15) is 0 Å². The maximum absolute atomic E-state index is 11.5. The molecule has 0 aliphatic carbocycles. The summed E-state index contributed by atoms with van der Waals surface area (Å²) in [6.07, 6.45) is 0. The summed E-state index contributed by atoms with van der Waals surface area (Å²) < 4.78 is 16.1. The number of likely N-dealkylation sites (N-methyl/N-ethyl adjacent to an activating group) is 2. The Bertz CT molecular complexity index is 255. The molecule has 0 aliphatic rings. The van der Waals surface area contributed by atoms with Crippen LogP contribution in [0.3, 0.4) is 0 Å². The van der Waals surface area contributed by atoms with Gasteiger partial charge in [-0.05, 0) is 13.5 Å². The zero-order valence-electron chi connectivity index (χ0n) is 13.5. The van der Waals surface area contributed by atoms with E-state index in [9.17, 15) is 4.79 Å². The topological polar surface area (TPSA) is 60.0 Å². The van der Waals surface area contributed by atoms with Gasteiger partial charge in [-0.1, -0.05) is 6.92 Å². The number of amides is 1. The minimum atomic E-state index is -0.272. The van der Waals surface area contributed by atoms with E-state index in [0.29, 0.717) is 46.2 Å². The van der Waals surface area contributed by atoms with Crippen LogP contribution in [0.2, 0.25) is 0 Å². The minimum absolute atomic E-state index is 0.00731. The van der Waals surface area contributed by atoms with Gasteiger partial charge in [-0.3, -0.25) is 4.79 Å². The molecule has 0 aromatic heterocycles. The van der Waals surface area contributed by atoms with Crippen molar-refractivity contribution in [2.45, 2.75) is 19.1 Å². The summed E-state index contributed by atoms with van der Waals surface area (Å²) in [4.78, 5) is 13.1. The molecule has 1 atom stereocenters. The van der Waals surface area contributed by atoms with Crippen molar-refractivity contribution in [2.24, 2.45) is 0 Å². The molecule has 0 rings (SSSR count). The molecule has 1 amide bonds. The lowest BCUT2D eigenvalue weighted by Crippen LogP contribution is -2.34. The van der Waals surface area contributed by atoms with E-state index in [1.807, 2.05) is 0 Å². The van der Waals surface area contributed by atoms with Crippen molar-refractivity contribution in [3.05, 3.63) is 0 Å². The van der Waals surface area contributed by atoms with Crippen molar-refractivity contribution in [3.8, 4) is 0 Å². The molecule has 1 N–H and O–H groups in total. The van der Waals surface area contributed by atoms with Crippen molar-refractivity contribution >= 4 is 18.5 Å². The number of nitrogens with one attached hydrogen (secondary N) is 1. The molecule has 0 saturated carbocycles. The molecule has 0 heterocycles. The smallest absolute Gasteiger partial charge is 0.234 e. The molecule has 21 heavy (non-hydrogen) atoms. The molecule has 126 valence electrons. The normalized spacial score (nSPS) is 12.4. The van der Waals surface area contributed by atoms with Crippen LogP contribution in [0.4, 0.5) is 0 Å². The van der Waals surface area contributed by atoms with Crippen LogP contribution in [-0.2, 0) is 19.0 Å². The zero-order chi connectivity index (χ0) is 15.9. The van der Waals surface area contributed by atoms with Gasteiger partial charge >= 0.3 is 0 Å². The van der Waals surface area contributed by atoms with E-state index in [0.717, 1.165) is 13.1 Å². The Morgan fingerprint density at radius 2 is 1.62 bits per heavy atom. The molecule has 0 spiro atoms. The summed E-state index contributed by atoms with van der Waals surface area (Å²) in [5.41, 5.74) is 0. The van der Waals surface area contributed by atoms with Gasteiger partial charge in [0.05, 0.1) is 44.9 Å². The maximum atomic E-state index is 11.5. The molecular weight excluding hydrogens is 292 g/mol. The van der Waals surface area contributed by atoms with E-state index in [4.69, 9.17) is 14.2 Å². The third-order valence-electron chi connectivity index (χ3n) is 2.72. The Morgan fingerprint density at radius 1 is 1.10 bits per heavy atom. The standard InChI is InChI=1S/C14H30N2O4S/c1-4-15-5-7-18-9-11-20-12-10-19-8-6-16(3)14(17)13(2)21/h13,15,21H,4-12H2,1-3H3. The molecular formula is C14H30N2O4S. The highest BCUT2D eigenvalue weighted by molar-refractivity contribution is 7.81. The molecule has 7 heteroatoms. The van der Waals surface area contributed by atoms with Crippen molar-refractivity contribution in [1.82, 2.24) is 10.2 Å². The van der Waals surface area contributed by atoms with E-state index >= 15 is 0 Å². The lowest BCUT2D eigenvalue weighted by Gasteiger charge is -2.18. The molecule has 0 aliphatic heterocycles. The second-order valence-electron chi connectivity index (χ2n) is 4.63. The molecule has 0 bridgehead atoms. The summed E-state index contributed by atoms with van der Waals surface area (Å²) >= 11 is 4.10. The molecule has 0 radical (unpaired) electrons. The molecule has 0 fully saturated rings. The summed E-state index contributed by atoms with van der Waals surface area (Å²) in [6, 6.07) is 0. The number of carbonyl (C=O) groups excluding carboxylic acids is 1. The first-order chi connectivity index (χ1) is 10.1. The number of hydrogen-bond acceptors (Lipinski definition) is 6. The highest BCUT2D eigenvalue weighted by atomic mass is 32.1. The second kappa shape index (κ2) is 14.6. The first-order valence-corrected chi connectivity index (χ1v) is 7.98. The van der Waals surface area contributed by atoms with Crippen LogP contribution in [0.5, 0.6) is 0 Å². The summed E-state index contributed by atoms with van der Waals surface area (Å²) in [5.74, 6) is 0.00731. The van der Waals surface area contributed by atoms with Crippen molar-refractivity contribution in [1.29, 1.82) is 0 Å². The van der Waals surface area contributed by atoms with E-state index in [1.165, 1.54) is 0 Å². The van der Waals surface area contributed by atoms with E-state index in [1.54, 1.807) is 18.9 Å². The largest absolute Gasteiger partial charge is 0.378 e. The number of rotatable bonds is 14. The monoisotopic (exact) mass is 322 g/mol. The Labute approximate surface area is 133 Å². The predicted molar refractivity (Wildman–Crippen MR) is 87.1 cm³/mol. The van der Waals surface area contributed by atoms with Crippen LogP contribution in [0.25, 0.3) is 0 Å². The van der Waals surface area contributed by atoms with Gasteiger partial charge < -0.3 is 24.4 Å². The SMILES string of the molecule is CCNCCOCCOCCOCCN(C)C(=O)C(C)S. The van der Waals surface area contributed by atoms with Crippen molar-refractivity contribution in [3.63, 3.8) is 0 Å². The quantitative estimate of drug-likeness (QED) is 0.359. The second-order valence-corrected chi connectivity index (χ2v) is 5.40. The third kappa shape index (κ3) is 13.1. The lowest BCUT2D eigenvalue weighted by molar-refractivity contribution is -0.129. The highest BCUT2D eigenvalue weighted by Gasteiger charge is 2.12. The number of thiol groups is 1. The van der Waals surface area contributed by atoms with Crippen LogP contribution < -0.4 is 5.32 Å². The van der Waals surface area contributed by atoms with Gasteiger partial charge in [0, 0.05) is 20.1 Å². The van der Waals surface area contributed by atoms with E-state index in [-0.39, 0.29) is 11.2 Å².